The topological polar surface area (TPSA) is 64.9 Å². The highest BCUT2D eigenvalue weighted by Gasteiger charge is 2.27. The van der Waals surface area contributed by atoms with E-state index in [1.54, 1.807) is 11.8 Å². The molecule has 17 heavy (non-hydrogen) atoms. The van der Waals surface area contributed by atoms with E-state index in [2.05, 4.69) is 10.1 Å². The van der Waals surface area contributed by atoms with Gasteiger partial charge >= 0.3 is 6.18 Å². The number of rotatable bonds is 6. The molecule has 0 aliphatic rings. The van der Waals surface area contributed by atoms with Gasteiger partial charge in [-0.3, -0.25) is 0 Å². The van der Waals surface area contributed by atoms with E-state index < -0.39 is 18.6 Å². The van der Waals surface area contributed by atoms with Crippen LogP contribution >= 0.6 is 11.8 Å². The predicted octanol–water partition coefficient (Wildman–Crippen LogP) is 2.32. The molecule has 0 spiro atoms. The molecule has 1 aromatic rings. The van der Waals surface area contributed by atoms with E-state index in [9.17, 15) is 13.2 Å². The van der Waals surface area contributed by atoms with Gasteiger partial charge in [0.25, 0.3) is 0 Å². The Balaban J connectivity index is 2.47. The van der Waals surface area contributed by atoms with Crippen LogP contribution in [0.25, 0.3) is 0 Å². The number of nitrogens with zero attached hydrogens (tertiary/aromatic N) is 2. The maximum atomic E-state index is 12.0. The lowest BCUT2D eigenvalue weighted by atomic mass is 10.2. The molecule has 0 saturated carbocycles. The number of hydrogen-bond donors (Lipinski definition) is 1. The van der Waals surface area contributed by atoms with Gasteiger partial charge in [0, 0.05) is 6.42 Å². The van der Waals surface area contributed by atoms with Crippen molar-refractivity contribution in [2.45, 2.75) is 31.5 Å². The van der Waals surface area contributed by atoms with Gasteiger partial charge in [0.1, 0.15) is 0 Å². The molecule has 2 N–H and O–H groups in total. The molecule has 1 rings (SSSR count). The zero-order valence-electron chi connectivity index (χ0n) is 9.33. The maximum Gasteiger partial charge on any atom is 0.389 e. The Labute approximate surface area is 101 Å². The van der Waals surface area contributed by atoms with Crippen molar-refractivity contribution in [1.82, 2.24) is 10.1 Å². The Hall–Kier alpha value is -0.760. The van der Waals surface area contributed by atoms with Crippen LogP contribution in [-0.4, -0.2) is 28.3 Å². The van der Waals surface area contributed by atoms with Gasteiger partial charge in [0.2, 0.25) is 5.89 Å². The number of thioether (sulfide) groups is 1. The number of nitrogens with two attached hydrogens (primary N) is 1. The zero-order valence-corrected chi connectivity index (χ0v) is 10.1. The Morgan fingerprint density at radius 3 is 2.76 bits per heavy atom. The lowest BCUT2D eigenvalue weighted by molar-refractivity contribution is -0.134. The second-order valence-corrected chi connectivity index (χ2v) is 4.54. The molecular weight excluding hydrogens is 255 g/mol. The standard InChI is InChI=1S/C9H14F3N3OS/c1-17-5-3-6(13)8-14-7(15-16-8)2-4-9(10,11)12/h6H,2-5,13H2,1H3/t6-/m0/s1. The van der Waals surface area contributed by atoms with Gasteiger partial charge in [-0.1, -0.05) is 5.16 Å². The quantitative estimate of drug-likeness (QED) is 0.858. The molecule has 0 unspecified atom stereocenters. The van der Waals surface area contributed by atoms with Gasteiger partial charge < -0.3 is 10.3 Å². The van der Waals surface area contributed by atoms with Crippen molar-refractivity contribution in [3.05, 3.63) is 11.7 Å². The zero-order chi connectivity index (χ0) is 12.9. The summed E-state index contributed by atoms with van der Waals surface area (Å²) in [7, 11) is 0. The van der Waals surface area contributed by atoms with E-state index in [4.69, 9.17) is 10.3 Å². The van der Waals surface area contributed by atoms with Crippen LogP contribution in [0.3, 0.4) is 0 Å². The third kappa shape index (κ3) is 5.40. The monoisotopic (exact) mass is 269 g/mol. The van der Waals surface area contributed by atoms with Crippen LogP contribution in [0.15, 0.2) is 4.52 Å². The highest BCUT2D eigenvalue weighted by atomic mass is 32.2. The summed E-state index contributed by atoms with van der Waals surface area (Å²) in [6, 6.07) is -0.408. The first-order chi connectivity index (χ1) is 7.92. The minimum absolute atomic E-state index is 0.0527. The fourth-order valence-electron chi connectivity index (χ4n) is 1.14. The number of hydrogen-bond acceptors (Lipinski definition) is 5. The molecule has 0 radical (unpaired) electrons. The Kier molecular flexibility index (Phi) is 5.26. The second kappa shape index (κ2) is 6.25. The van der Waals surface area contributed by atoms with Crippen LogP contribution in [-0.2, 0) is 6.42 Å². The lowest BCUT2D eigenvalue weighted by Gasteiger charge is -2.04. The summed E-state index contributed by atoms with van der Waals surface area (Å²) in [6.07, 6.45) is -2.84. The highest BCUT2D eigenvalue weighted by Crippen LogP contribution is 2.22. The smallest absolute Gasteiger partial charge is 0.338 e. The van der Waals surface area contributed by atoms with E-state index in [-0.39, 0.29) is 18.1 Å². The summed E-state index contributed by atoms with van der Waals surface area (Å²) in [5, 5.41) is 3.48. The van der Waals surface area contributed by atoms with Crippen molar-refractivity contribution < 1.29 is 17.7 Å². The van der Waals surface area contributed by atoms with E-state index in [1.165, 1.54) is 0 Å². The highest BCUT2D eigenvalue weighted by molar-refractivity contribution is 7.98. The van der Waals surface area contributed by atoms with Crippen LogP contribution in [0.5, 0.6) is 0 Å². The minimum Gasteiger partial charge on any atom is -0.338 e. The average Bonchev–Trinajstić information content (AvgIpc) is 2.70. The molecule has 1 aromatic heterocycles. The van der Waals surface area contributed by atoms with E-state index in [1.807, 2.05) is 6.26 Å². The van der Waals surface area contributed by atoms with Crippen molar-refractivity contribution in [3.63, 3.8) is 0 Å². The minimum atomic E-state index is -4.21. The molecule has 1 atom stereocenters. The molecule has 0 bridgehead atoms. The van der Waals surface area contributed by atoms with E-state index in [0.717, 1.165) is 5.75 Å². The number of aromatic nitrogens is 2. The third-order valence-electron chi connectivity index (χ3n) is 2.07. The third-order valence-corrected chi connectivity index (χ3v) is 2.71. The number of alkyl halides is 3. The largest absolute Gasteiger partial charge is 0.389 e. The van der Waals surface area contributed by atoms with Gasteiger partial charge in [0.05, 0.1) is 12.5 Å². The molecule has 98 valence electrons. The normalized spacial score (nSPS) is 13.9. The molecule has 4 nitrogen and oxygen atoms in total. The molecule has 0 amide bonds. The summed E-state index contributed by atoms with van der Waals surface area (Å²) in [5.74, 6) is 1.09. The number of aryl methyl sites for hydroxylation is 1. The number of halogens is 3. The first kappa shape index (κ1) is 14.3. The van der Waals surface area contributed by atoms with Crippen LogP contribution in [0, 0.1) is 0 Å². The summed E-state index contributed by atoms with van der Waals surface area (Å²) in [4.78, 5) is 3.85. The SMILES string of the molecule is CSCC[C@H](N)c1nc(CCC(F)(F)F)no1. The molecular formula is C9H14F3N3OS. The molecule has 0 saturated heterocycles. The van der Waals surface area contributed by atoms with Gasteiger partial charge in [0.15, 0.2) is 5.82 Å². The predicted molar refractivity (Wildman–Crippen MR) is 58.6 cm³/mol. The Morgan fingerprint density at radius 1 is 1.47 bits per heavy atom. The van der Waals surface area contributed by atoms with Crippen LogP contribution < -0.4 is 5.73 Å². The van der Waals surface area contributed by atoms with Crippen molar-refractivity contribution in [2.75, 3.05) is 12.0 Å². The first-order valence-electron chi connectivity index (χ1n) is 5.06. The molecule has 8 heteroatoms. The summed E-state index contributed by atoms with van der Waals surface area (Å²) in [5.41, 5.74) is 5.74. The molecule has 1 heterocycles. The summed E-state index contributed by atoms with van der Waals surface area (Å²) in [6.45, 7) is 0. The Morgan fingerprint density at radius 2 is 2.18 bits per heavy atom. The first-order valence-corrected chi connectivity index (χ1v) is 6.45. The molecule has 0 aliphatic heterocycles. The van der Waals surface area contributed by atoms with Crippen molar-refractivity contribution in [3.8, 4) is 0 Å². The van der Waals surface area contributed by atoms with Crippen molar-refractivity contribution >= 4 is 11.8 Å². The van der Waals surface area contributed by atoms with Gasteiger partial charge in [-0.2, -0.15) is 29.9 Å². The van der Waals surface area contributed by atoms with E-state index in [0.29, 0.717) is 6.42 Å². The van der Waals surface area contributed by atoms with Gasteiger partial charge in [-0.05, 0) is 18.4 Å². The lowest BCUT2D eigenvalue weighted by Crippen LogP contribution is -2.12. The second-order valence-electron chi connectivity index (χ2n) is 3.55. The van der Waals surface area contributed by atoms with Crippen LogP contribution in [0.4, 0.5) is 13.2 Å². The Bertz CT molecular complexity index is 342. The summed E-state index contributed by atoms with van der Waals surface area (Å²) >= 11 is 1.63. The molecule has 0 fully saturated rings. The molecule has 0 aromatic carbocycles. The van der Waals surface area contributed by atoms with Crippen LogP contribution in [0.2, 0.25) is 0 Å². The van der Waals surface area contributed by atoms with E-state index >= 15 is 0 Å². The summed E-state index contributed by atoms with van der Waals surface area (Å²) < 4.78 is 40.7. The van der Waals surface area contributed by atoms with Gasteiger partial charge in [-0.15, -0.1) is 0 Å². The van der Waals surface area contributed by atoms with Crippen molar-refractivity contribution in [2.24, 2.45) is 5.73 Å². The fraction of sp³-hybridized carbons (Fsp3) is 0.778. The molecule has 0 aliphatic carbocycles. The van der Waals surface area contributed by atoms with Crippen LogP contribution in [0.1, 0.15) is 30.6 Å². The maximum absolute atomic E-state index is 12.0. The average molecular weight is 269 g/mol. The van der Waals surface area contributed by atoms with Gasteiger partial charge in [-0.25, -0.2) is 0 Å². The van der Waals surface area contributed by atoms with Crippen molar-refractivity contribution in [1.29, 1.82) is 0 Å². The fourth-order valence-corrected chi connectivity index (χ4v) is 1.63.